The van der Waals surface area contributed by atoms with E-state index in [4.69, 9.17) is 0 Å². The van der Waals surface area contributed by atoms with Crippen molar-refractivity contribution in [2.24, 2.45) is 11.3 Å². The van der Waals surface area contributed by atoms with Crippen LogP contribution in [0, 0.1) is 23.0 Å². The summed E-state index contributed by atoms with van der Waals surface area (Å²) in [6.07, 6.45) is 3.23. The third-order valence-electron chi connectivity index (χ3n) is 5.46. The highest BCUT2D eigenvalue weighted by Gasteiger charge is 2.76. The van der Waals surface area contributed by atoms with Crippen LogP contribution in [0.25, 0.3) is 0 Å². The van der Waals surface area contributed by atoms with Crippen molar-refractivity contribution >= 4 is 0 Å². The van der Waals surface area contributed by atoms with Crippen molar-refractivity contribution in [3.05, 3.63) is 48.1 Å². The predicted molar refractivity (Wildman–Crippen MR) is 75.0 cm³/mol. The van der Waals surface area contributed by atoms with Gasteiger partial charge in [-0.05, 0) is 37.3 Å². The van der Waals surface area contributed by atoms with Crippen LogP contribution in [-0.4, -0.2) is 25.8 Å². The first-order valence-electron chi connectivity index (χ1n) is 7.66. The van der Waals surface area contributed by atoms with Gasteiger partial charge in [0.15, 0.2) is 5.60 Å². The summed E-state index contributed by atoms with van der Waals surface area (Å²) in [5, 5.41) is 14.7. The first-order chi connectivity index (χ1) is 11.3. The molecule has 128 valence electrons. The van der Waals surface area contributed by atoms with Crippen LogP contribution in [0.1, 0.15) is 24.8 Å². The highest BCUT2D eigenvalue weighted by Crippen LogP contribution is 2.73. The molecule has 4 nitrogen and oxygen atoms in total. The van der Waals surface area contributed by atoms with E-state index in [1.165, 1.54) is 6.33 Å². The Morgan fingerprint density at radius 2 is 1.96 bits per heavy atom. The number of aromatic nitrogens is 3. The number of nitrogens with zero attached hydrogens (tertiary/aromatic N) is 3. The largest absolute Gasteiger partial charge is 0.377 e. The van der Waals surface area contributed by atoms with Crippen molar-refractivity contribution in [1.29, 1.82) is 0 Å². The van der Waals surface area contributed by atoms with Gasteiger partial charge in [0.05, 0.1) is 6.54 Å². The van der Waals surface area contributed by atoms with Gasteiger partial charge in [0.2, 0.25) is 0 Å². The van der Waals surface area contributed by atoms with E-state index < -0.39 is 40.7 Å². The molecule has 0 saturated heterocycles. The molecular formula is C16H15F4N3O. The quantitative estimate of drug-likeness (QED) is 0.851. The lowest BCUT2D eigenvalue weighted by molar-refractivity contribution is -0.337. The number of hydrogen-bond donors (Lipinski definition) is 1. The molecule has 3 aliphatic rings. The number of benzene rings is 1. The van der Waals surface area contributed by atoms with Crippen molar-refractivity contribution in [3.8, 4) is 0 Å². The smallest absolute Gasteiger partial charge is 0.287 e. The van der Waals surface area contributed by atoms with E-state index in [2.05, 4.69) is 10.1 Å². The standard InChI is InChI=1S/C16H15F4N3O/c17-11-1-2-12(13(18)3-11)15(24,7-23-9-21-8-22-23)16(19,20)14-4-10(5-14)6-14/h1-3,8-10,24H,4-7H2/t10?,14?,15-/m0/s1. The van der Waals surface area contributed by atoms with Crippen LogP contribution in [-0.2, 0) is 12.1 Å². The number of aliphatic hydroxyl groups is 1. The Hall–Kier alpha value is -1.96. The fourth-order valence-corrected chi connectivity index (χ4v) is 4.03. The second-order valence-electron chi connectivity index (χ2n) is 6.91. The highest BCUT2D eigenvalue weighted by atomic mass is 19.3. The topological polar surface area (TPSA) is 50.9 Å². The fraction of sp³-hybridized carbons (Fsp3) is 0.500. The van der Waals surface area contributed by atoms with Gasteiger partial charge in [-0.3, -0.25) is 0 Å². The van der Waals surface area contributed by atoms with Crippen LogP contribution in [0.15, 0.2) is 30.9 Å². The monoisotopic (exact) mass is 341 g/mol. The molecule has 0 spiro atoms. The molecule has 1 N–H and O–H groups in total. The summed E-state index contributed by atoms with van der Waals surface area (Å²) in [6.45, 7) is -0.672. The summed E-state index contributed by atoms with van der Waals surface area (Å²) in [5.41, 5.74) is -4.80. The van der Waals surface area contributed by atoms with E-state index in [1.54, 1.807) is 0 Å². The lowest BCUT2D eigenvalue weighted by Crippen LogP contribution is -2.69. The molecule has 2 aromatic rings. The summed E-state index contributed by atoms with van der Waals surface area (Å²) in [4.78, 5) is 3.67. The van der Waals surface area contributed by atoms with Crippen LogP contribution < -0.4 is 0 Å². The number of hydrogen-bond acceptors (Lipinski definition) is 3. The molecular weight excluding hydrogens is 326 g/mol. The molecule has 1 aromatic carbocycles. The second-order valence-corrected chi connectivity index (χ2v) is 6.91. The van der Waals surface area contributed by atoms with Crippen LogP contribution >= 0.6 is 0 Å². The first-order valence-corrected chi connectivity index (χ1v) is 7.66. The zero-order valence-electron chi connectivity index (χ0n) is 12.6. The summed E-state index contributed by atoms with van der Waals surface area (Å²) >= 11 is 0. The summed E-state index contributed by atoms with van der Waals surface area (Å²) in [5.74, 6) is -5.43. The molecule has 0 unspecified atom stereocenters. The zero-order valence-corrected chi connectivity index (χ0v) is 12.6. The summed E-state index contributed by atoms with van der Waals surface area (Å²) < 4.78 is 59.1. The van der Waals surface area contributed by atoms with Gasteiger partial charge in [-0.2, -0.15) is 5.10 Å². The maximum absolute atomic E-state index is 15.3. The van der Waals surface area contributed by atoms with Gasteiger partial charge < -0.3 is 5.11 Å². The number of rotatable bonds is 5. The van der Waals surface area contributed by atoms with Crippen LogP contribution in [0.4, 0.5) is 17.6 Å². The molecule has 24 heavy (non-hydrogen) atoms. The lowest BCUT2D eigenvalue weighted by Gasteiger charge is -2.66. The molecule has 0 aliphatic heterocycles. The van der Waals surface area contributed by atoms with Gasteiger partial charge in [0.1, 0.15) is 24.3 Å². The minimum absolute atomic E-state index is 0.254. The van der Waals surface area contributed by atoms with Gasteiger partial charge in [0, 0.05) is 17.0 Å². The van der Waals surface area contributed by atoms with Crippen molar-refractivity contribution < 1.29 is 22.7 Å². The predicted octanol–water partition coefficient (Wildman–Crippen LogP) is 2.88. The van der Waals surface area contributed by atoms with Crippen molar-refractivity contribution in [2.45, 2.75) is 37.3 Å². The van der Waals surface area contributed by atoms with Crippen LogP contribution in [0.3, 0.4) is 0 Å². The Labute approximate surface area is 135 Å². The normalized spacial score (nSPS) is 28.0. The Balaban J connectivity index is 1.82. The van der Waals surface area contributed by atoms with E-state index in [-0.39, 0.29) is 5.92 Å². The molecule has 3 aliphatic carbocycles. The van der Waals surface area contributed by atoms with E-state index >= 15 is 8.78 Å². The molecule has 3 saturated carbocycles. The van der Waals surface area contributed by atoms with Crippen molar-refractivity contribution in [2.75, 3.05) is 0 Å². The minimum atomic E-state index is -3.58. The maximum Gasteiger partial charge on any atom is 0.287 e. The van der Waals surface area contributed by atoms with Gasteiger partial charge in [-0.15, -0.1) is 0 Å². The zero-order chi connectivity index (χ0) is 17.2. The Morgan fingerprint density at radius 3 is 2.46 bits per heavy atom. The van der Waals surface area contributed by atoms with Crippen LogP contribution in [0.2, 0.25) is 0 Å². The molecule has 2 bridgehead atoms. The average Bonchev–Trinajstić information content (AvgIpc) is 2.86. The van der Waals surface area contributed by atoms with Crippen molar-refractivity contribution in [1.82, 2.24) is 14.8 Å². The van der Waals surface area contributed by atoms with E-state index in [9.17, 15) is 13.9 Å². The van der Waals surface area contributed by atoms with Gasteiger partial charge >= 0.3 is 0 Å². The Morgan fingerprint density at radius 1 is 1.25 bits per heavy atom. The van der Waals surface area contributed by atoms with Crippen molar-refractivity contribution in [3.63, 3.8) is 0 Å². The Bertz CT molecular complexity index is 763. The summed E-state index contributed by atoms with van der Waals surface area (Å²) in [7, 11) is 0. The third kappa shape index (κ3) is 1.89. The molecule has 8 heteroatoms. The first kappa shape index (κ1) is 15.6. The molecule has 1 atom stereocenters. The van der Waals surface area contributed by atoms with Gasteiger partial charge in [-0.1, -0.05) is 0 Å². The molecule has 1 heterocycles. The average molecular weight is 341 g/mol. The van der Waals surface area contributed by atoms with Crippen LogP contribution in [0.5, 0.6) is 0 Å². The lowest BCUT2D eigenvalue weighted by atomic mass is 9.40. The van der Waals surface area contributed by atoms with E-state index in [0.717, 1.165) is 23.1 Å². The highest BCUT2D eigenvalue weighted by molar-refractivity contribution is 5.31. The second kappa shape index (κ2) is 4.78. The van der Waals surface area contributed by atoms with Gasteiger partial charge in [0.25, 0.3) is 5.92 Å². The minimum Gasteiger partial charge on any atom is -0.377 e. The van der Waals surface area contributed by atoms with Gasteiger partial charge in [-0.25, -0.2) is 27.2 Å². The molecule has 1 aromatic heterocycles. The summed E-state index contributed by atoms with van der Waals surface area (Å²) in [6, 6.07) is 2.24. The fourth-order valence-electron chi connectivity index (χ4n) is 4.03. The Kier molecular flexibility index (Phi) is 3.10. The molecule has 3 fully saturated rings. The molecule has 5 rings (SSSR count). The number of halogens is 4. The van der Waals surface area contributed by atoms with E-state index in [1.807, 2.05) is 0 Å². The number of alkyl halides is 2. The maximum atomic E-state index is 15.3. The molecule has 0 radical (unpaired) electrons. The van der Waals surface area contributed by atoms with E-state index in [0.29, 0.717) is 25.3 Å². The third-order valence-corrected chi connectivity index (χ3v) is 5.46. The molecule has 0 amide bonds. The SMILES string of the molecule is O[C@@](Cn1cncn1)(c1ccc(F)cc1F)C(F)(F)C12CC(C1)C2.